The molecule has 0 aliphatic heterocycles. The summed E-state index contributed by atoms with van der Waals surface area (Å²) in [5, 5.41) is 0.653. The van der Waals surface area contributed by atoms with E-state index in [1.54, 1.807) is 19.1 Å². The van der Waals surface area contributed by atoms with E-state index in [9.17, 15) is 19.2 Å². The maximum absolute atomic E-state index is 13.0. The molecule has 0 atom stereocenters. The van der Waals surface area contributed by atoms with Crippen molar-refractivity contribution in [3.63, 3.8) is 0 Å². The number of carbonyl (C=O) groups excluding carboxylic acids is 2. The number of nitrogens with zero attached hydrogens (tertiary/aromatic N) is 1. The van der Waals surface area contributed by atoms with Gasteiger partial charge in [0.2, 0.25) is 5.91 Å². The standard InChI is InChI=1S/C25H23N5O4/c1-14-7-9-16(10-8-14)21-13-19(18-5-3-4-6-20(18)27-21)24(33)30-29-22(31)12-11-17-15(2)26-25(34)28-23(17)32/h3-10,13H,11-12H2,1-2H3,(H,29,31)(H,30,33)(H2,26,28,32,34). The molecule has 0 unspecified atom stereocenters. The summed E-state index contributed by atoms with van der Waals surface area (Å²) >= 11 is 0. The van der Waals surface area contributed by atoms with Crippen LogP contribution >= 0.6 is 0 Å². The molecule has 9 heteroatoms. The normalized spacial score (nSPS) is 10.8. The number of hydrogen-bond acceptors (Lipinski definition) is 5. The van der Waals surface area contributed by atoms with Gasteiger partial charge in [0.15, 0.2) is 0 Å². The Morgan fingerprint density at radius 3 is 2.41 bits per heavy atom. The van der Waals surface area contributed by atoms with Gasteiger partial charge in [0, 0.05) is 28.6 Å². The summed E-state index contributed by atoms with van der Waals surface area (Å²) < 4.78 is 0. The van der Waals surface area contributed by atoms with Crippen LogP contribution in [0, 0.1) is 13.8 Å². The summed E-state index contributed by atoms with van der Waals surface area (Å²) in [7, 11) is 0. The van der Waals surface area contributed by atoms with Crippen LogP contribution in [0.2, 0.25) is 0 Å². The number of aryl methyl sites for hydroxylation is 2. The number of nitrogens with one attached hydrogen (secondary N) is 4. The molecular weight excluding hydrogens is 434 g/mol. The Hall–Kier alpha value is -4.53. The number of benzene rings is 2. The molecule has 4 aromatic rings. The minimum Gasteiger partial charge on any atom is -0.311 e. The van der Waals surface area contributed by atoms with Gasteiger partial charge in [-0.1, -0.05) is 48.0 Å². The molecule has 4 N–H and O–H groups in total. The molecule has 2 heterocycles. The van der Waals surface area contributed by atoms with Crippen LogP contribution in [0.1, 0.15) is 33.6 Å². The van der Waals surface area contributed by atoms with Crippen LogP contribution in [0.25, 0.3) is 22.2 Å². The van der Waals surface area contributed by atoms with E-state index in [0.29, 0.717) is 33.4 Å². The fourth-order valence-electron chi connectivity index (χ4n) is 3.66. The van der Waals surface area contributed by atoms with E-state index in [1.807, 2.05) is 49.4 Å². The van der Waals surface area contributed by atoms with Crippen molar-refractivity contribution in [2.75, 3.05) is 0 Å². The molecule has 0 aliphatic carbocycles. The van der Waals surface area contributed by atoms with Crippen LogP contribution in [0.15, 0.2) is 64.2 Å². The first-order chi connectivity index (χ1) is 16.3. The highest BCUT2D eigenvalue weighted by Gasteiger charge is 2.15. The molecule has 0 bridgehead atoms. The molecule has 2 aromatic heterocycles. The fourth-order valence-corrected chi connectivity index (χ4v) is 3.66. The first-order valence-electron chi connectivity index (χ1n) is 10.7. The number of rotatable bonds is 5. The second-order valence-corrected chi connectivity index (χ2v) is 7.95. The fraction of sp³-hybridized carbons (Fsp3) is 0.160. The number of pyridine rings is 1. The van der Waals surface area contributed by atoms with Crippen molar-refractivity contribution in [3.8, 4) is 11.3 Å². The van der Waals surface area contributed by atoms with Crippen molar-refractivity contribution in [2.24, 2.45) is 0 Å². The lowest BCUT2D eigenvalue weighted by atomic mass is 10.0. The Morgan fingerprint density at radius 2 is 1.68 bits per heavy atom. The molecule has 172 valence electrons. The van der Waals surface area contributed by atoms with Crippen LogP contribution in [0.4, 0.5) is 0 Å². The van der Waals surface area contributed by atoms with Gasteiger partial charge < -0.3 is 4.98 Å². The number of aromatic amines is 2. The summed E-state index contributed by atoms with van der Waals surface area (Å²) in [5.74, 6) is -0.964. The van der Waals surface area contributed by atoms with E-state index in [1.165, 1.54) is 0 Å². The molecular formula is C25H23N5O4. The summed E-state index contributed by atoms with van der Waals surface area (Å²) in [5.41, 5.74) is 8.06. The van der Waals surface area contributed by atoms with Gasteiger partial charge in [0.05, 0.1) is 16.8 Å². The third kappa shape index (κ3) is 4.93. The van der Waals surface area contributed by atoms with Gasteiger partial charge in [-0.2, -0.15) is 0 Å². The number of carbonyl (C=O) groups is 2. The predicted octanol–water partition coefficient (Wildman–Crippen LogP) is 2.29. The lowest BCUT2D eigenvalue weighted by Gasteiger charge is -2.12. The summed E-state index contributed by atoms with van der Waals surface area (Å²) in [6.07, 6.45) is 0.0529. The molecule has 0 radical (unpaired) electrons. The SMILES string of the molecule is Cc1ccc(-c2cc(C(=O)NNC(=O)CCc3c(C)[nH]c(=O)[nH]c3=O)c3ccccc3n2)cc1. The maximum Gasteiger partial charge on any atom is 0.325 e. The van der Waals surface area contributed by atoms with Gasteiger partial charge in [-0.3, -0.25) is 30.2 Å². The van der Waals surface area contributed by atoms with Crippen LogP contribution in [-0.4, -0.2) is 26.8 Å². The van der Waals surface area contributed by atoms with Gasteiger partial charge in [-0.15, -0.1) is 0 Å². The van der Waals surface area contributed by atoms with E-state index < -0.39 is 23.1 Å². The van der Waals surface area contributed by atoms with Crippen molar-refractivity contribution in [1.29, 1.82) is 0 Å². The second-order valence-electron chi connectivity index (χ2n) is 7.95. The zero-order chi connectivity index (χ0) is 24.2. The van der Waals surface area contributed by atoms with Crippen LogP contribution in [0.5, 0.6) is 0 Å². The van der Waals surface area contributed by atoms with Crippen molar-refractivity contribution >= 4 is 22.7 Å². The minimum atomic E-state index is -0.599. The Bertz CT molecular complexity index is 1500. The Balaban J connectivity index is 1.50. The van der Waals surface area contributed by atoms with Gasteiger partial charge in [0.25, 0.3) is 11.5 Å². The van der Waals surface area contributed by atoms with Crippen molar-refractivity contribution < 1.29 is 9.59 Å². The predicted molar refractivity (Wildman–Crippen MR) is 128 cm³/mol. The topological polar surface area (TPSA) is 137 Å². The molecule has 2 amide bonds. The zero-order valence-corrected chi connectivity index (χ0v) is 18.7. The van der Waals surface area contributed by atoms with Crippen LogP contribution in [-0.2, 0) is 11.2 Å². The van der Waals surface area contributed by atoms with Gasteiger partial charge in [-0.05, 0) is 32.4 Å². The second kappa shape index (κ2) is 9.53. The molecule has 4 rings (SSSR count). The highest BCUT2D eigenvalue weighted by Crippen LogP contribution is 2.25. The Morgan fingerprint density at radius 1 is 0.941 bits per heavy atom. The number of fused-ring (bicyclic) bond motifs is 1. The highest BCUT2D eigenvalue weighted by molar-refractivity contribution is 6.07. The number of hydrazine groups is 1. The largest absolute Gasteiger partial charge is 0.325 e. The van der Waals surface area contributed by atoms with Crippen molar-refractivity contribution in [3.05, 3.63) is 97.8 Å². The van der Waals surface area contributed by atoms with E-state index in [-0.39, 0.29) is 12.8 Å². The molecule has 9 nitrogen and oxygen atoms in total. The van der Waals surface area contributed by atoms with Crippen molar-refractivity contribution in [1.82, 2.24) is 25.8 Å². The third-order valence-electron chi connectivity index (χ3n) is 5.48. The average molecular weight is 457 g/mol. The third-order valence-corrected chi connectivity index (χ3v) is 5.48. The molecule has 0 fully saturated rings. The lowest BCUT2D eigenvalue weighted by Crippen LogP contribution is -2.42. The van der Waals surface area contributed by atoms with E-state index in [2.05, 4.69) is 25.8 Å². The monoisotopic (exact) mass is 457 g/mol. The summed E-state index contributed by atoms with van der Waals surface area (Å²) in [6.45, 7) is 3.58. The number of amides is 2. The molecule has 34 heavy (non-hydrogen) atoms. The summed E-state index contributed by atoms with van der Waals surface area (Å²) in [4.78, 5) is 57.8. The highest BCUT2D eigenvalue weighted by atomic mass is 16.2. The number of aromatic nitrogens is 3. The molecule has 0 aliphatic rings. The molecule has 0 saturated carbocycles. The number of hydrogen-bond donors (Lipinski definition) is 4. The lowest BCUT2D eigenvalue weighted by molar-refractivity contribution is -0.121. The average Bonchev–Trinajstić information content (AvgIpc) is 2.81. The molecule has 0 spiro atoms. The minimum absolute atomic E-state index is 0.0536. The zero-order valence-electron chi connectivity index (χ0n) is 18.7. The quantitative estimate of drug-likeness (QED) is 0.341. The van der Waals surface area contributed by atoms with Gasteiger partial charge in [-0.25, -0.2) is 9.78 Å². The smallest absolute Gasteiger partial charge is 0.311 e. The molecule has 0 saturated heterocycles. The molecule has 2 aromatic carbocycles. The van der Waals surface area contributed by atoms with Crippen molar-refractivity contribution in [2.45, 2.75) is 26.7 Å². The van der Waals surface area contributed by atoms with Gasteiger partial charge >= 0.3 is 5.69 Å². The van der Waals surface area contributed by atoms with Crippen LogP contribution < -0.4 is 22.1 Å². The van der Waals surface area contributed by atoms with Gasteiger partial charge in [0.1, 0.15) is 0 Å². The first-order valence-corrected chi connectivity index (χ1v) is 10.7. The number of H-pyrrole nitrogens is 2. The van der Waals surface area contributed by atoms with E-state index >= 15 is 0 Å². The maximum atomic E-state index is 13.0. The Kier molecular flexibility index (Phi) is 6.35. The number of para-hydroxylation sites is 1. The van der Waals surface area contributed by atoms with Crippen LogP contribution in [0.3, 0.4) is 0 Å². The first kappa shape index (κ1) is 22.7. The van der Waals surface area contributed by atoms with E-state index in [4.69, 9.17) is 0 Å². The van der Waals surface area contributed by atoms with E-state index in [0.717, 1.165) is 11.1 Å². The summed E-state index contributed by atoms with van der Waals surface area (Å²) in [6, 6.07) is 16.8. The Labute approximate surface area is 194 Å².